The fourth-order valence-electron chi connectivity index (χ4n) is 4.51. The molecular weight excluding hydrogens is 359 g/mol. The molecule has 3 heterocycles. The van der Waals surface area contributed by atoms with Crippen LogP contribution in [0.25, 0.3) is 21.3 Å². The second kappa shape index (κ2) is 7.17. The SMILES string of the molecule is Fc1ccc(-c2csc3ncnc(N4CCN(C5CCCC5)CC4)c23)cc1. The maximum Gasteiger partial charge on any atom is 0.141 e. The lowest BCUT2D eigenvalue weighted by Gasteiger charge is -2.38. The first-order chi connectivity index (χ1) is 13.3. The van der Waals surface area contributed by atoms with Crippen LogP contribution in [-0.2, 0) is 0 Å². The average molecular weight is 383 g/mol. The van der Waals surface area contributed by atoms with Gasteiger partial charge in [0.2, 0.25) is 0 Å². The summed E-state index contributed by atoms with van der Waals surface area (Å²) in [7, 11) is 0. The Balaban J connectivity index is 1.45. The van der Waals surface area contributed by atoms with Gasteiger partial charge in [-0.1, -0.05) is 25.0 Å². The smallest absolute Gasteiger partial charge is 0.141 e. The van der Waals surface area contributed by atoms with Gasteiger partial charge in [0.15, 0.2) is 0 Å². The van der Waals surface area contributed by atoms with E-state index in [0.717, 1.165) is 59.4 Å². The predicted octanol–water partition coefficient (Wildman–Crippen LogP) is 4.56. The molecule has 3 aromatic rings. The largest absolute Gasteiger partial charge is 0.353 e. The number of halogens is 1. The molecule has 0 amide bonds. The second-order valence-corrected chi connectivity index (χ2v) is 8.35. The summed E-state index contributed by atoms with van der Waals surface area (Å²) in [6.07, 6.45) is 7.15. The third kappa shape index (κ3) is 3.21. The molecule has 27 heavy (non-hydrogen) atoms. The minimum atomic E-state index is -0.210. The molecule has 2 fully saturated rings. The maximum absolute atomic E-state index is 13.3. The van der Waals surface area contributed by atoms with Crippen molar-refractivity contribution in [2.75, 3.05) is 31.1 Å². The van der Waals surface area contributed by atoms with Crippen LogP contribution in [-0.4, -0.2) is 47.1 Å². The molecule has 1 aliphatic carbocycles. The minimum Gasteiger partial charge on any atom is -0.353 e. The number of fused-ring (bicyclic) bond motifs is 1. The summed E-state index contributed by atoms with van der Waals surface area (Å²) in [5, 5.41) is 3.22. The van der Waals surface area contributed by atoms with E-state index in [1.807, 2.05) is 12.1 Å². The Morgan fingerprint density at radius 1 is 0.963 bits per heavy atom. The van der Waals surface area contributed by atoms with Crippen molar-refractivity contribution < 1.29 is 4.39 Å². The van der Waals surface area contributed by atoms with Gasteiger partial charge in [-0.15, -0.1) is 11.3 Å². The number of aromatic nitrogens is 2. The van der Waals surface area contributed by atoms with Crippen LogP contribution in [0, 0.1) is 5.82 Å². The number of hydrogen-bond donors (Lipinski definition) is 0. The Morgan fingerprint density at radius 3 is 2.44 bits per heavy atom. The van der Waals surface area contributed by atoms with Crippen LogP contribution in [0.5, 0.6) is 0 Å². The van der Waals surface area contributed by atoms with Crippen LogP contribution >= 0.6 is 11.3 Å². The van der Waals surface area contributed by atoms with E-state index in [9.17, 15) is 4.39 Å². The lowest BCUT2D eigenvalue weighted by molar-refractivity contribution is 0.187. The zero-order chi connectivity index (χ0) is 18.2. The number of hydrogen-bond acceptors (Lipinski definition) is 5. The van der Waals surface area contributed by atoms with Gasteiger partial charge in [-0.25, -0.2) is 14.4 Å². The van der Waals surface area contributed by atoms with E-state index in [2.05, 4.69) is 25.1 Å². The number of benzene rings is 1. The monoisotopic (exact) mass is 382 g/mol. The van der Waals surface area contributed by atoms with Crippen LogP contribution < -0.4 is 4.90 Å². The van der Waals surface area contributed by atoms with E-state index in [1.165, 1.54) is 37.8 Å². The molecule has 140 valence electrons. The Kier molecular flexibility index (Phi) is 4.53. The molecule has 1 aromatic carbocycles. The highest BCUT2D eigenvalue weighted by Crippen LogP contribution is 2.38. The molecule has 1 saturated heterocycles. The van der Waals surface area contributed by atoms with E-state index in [0.29, 0.717) is 0 Å². The Hall–Kier alpha value is -2.05. The molecule has 1 saturated carbocycles. The third-order valence-corrected chi connectivity index (χ3v) is 6.85. The van der Waals surface area contributed by atoms with Gasteiger partial charge in [-0.3, -0.25) is 4.90 Å². The Labute approximate surface area is 162 Å². The number of nitrogens with zero attached hydrogens (tertiary/aromatic N) is 4. The van der Waals surface area contributed by atoms with Crippen LogP contribution in [0.4, 0.5) is 10.2 Å². The summed E-state index contributed by atoms with van der Waals surface area (Å²) in [6.45, 7) is 4.21. The zero-order valence-electron chi connectivity index (χ0n) is 15.3. The first-order valence-corrected chi connectivity index (χ1v) is 10.6. The van der Waals surface area contributed by atoms with E-state index in [4.69, 9.17) is 0 Å². The standard InChI is InChI=1S/C21H23FN4S/c22-16-7-5-15(6-8-16)18-13-27-21-19(18)20(23-14-24-21)26-11-9-25(10-12-26)17-3-1-2-4-17/h5-8,13-14,17H,1-4,9-12H2. The molecule has 2 aliphatic rings. The molecule has 0 spiro atoms. The maximum atomic E-state index is 13.3. The van der Waals surface area contributed by atoms with Gasteiger partial charge in [0.1, 0.15) is 22.8 Å². The molecular formula is C21H23FN4S. The van der Waals surface area contributed by atoms with E-state index >= 15 is 0 Å². The van der Waals surface area contributed by atoms with E-state index in [1.54, 1.807) is 17.7 Å². The predicted molar refractivity (Wildman–Crippen MR) is 109 cm³/mol. The highest BCUT2D eigenvalue weighted by molar-refractivity contribution is 7.17. The molecule has 6 heteroatoms. The normalized spacial score (nSPS) is 19.2. The zero-order valence-corrected chi connectivity index (χ0v) is 16.1. The van der Waals surface area contributed by atoms with Crippen LogP contribution in [0.15, 0.2) is 36.0 Å². The molecule has 1 aliphatic heterocycles. The molecule has 5 rings (SSSR count). The fourth-order valence-corrected chi connectivity index (χ4v) is 5.42. The van der Waals surface area contributed by atoms with Gasteiger partial charge in [0.25, 0.3) is 0 Å². The topological polar surface area (TPSA) is 32.3 Å². The van der Waals surface area contributed by atoms with E-state index < -0.39 is 0 Å². The third-order valence-electron chi connectivity index (χ3n) is 5.96. The summed E-state index contributed by atoms with van der Waals surface area (Å²) >= 11 is 1.63. The second-order valence-electron chi connectivity index (χ2n) is 7.49. The number of piperazine rings is 1. The van der Waals surface area contributed by atoms with Crippen LogP contribution in [0.2, 0.25) is 0 Å². The van der Waals surface area contributed by atoms with Gasteiger partial charge in [0, 0.05) is 43.2 Å². The van der Waals surface area contributed by atoms with Gasteiger partial charge >= 0.3 is 0 Å². The Bertz CT molecular complexity index is 925. The average Bonchev–Trinajstić information content (AvgIpc) is 3.39. The summed E-state index contributed by atoms with van der Waals surface area (Å²) in [5.74, 6) is 0.810. The summed E-state index contributed by atoms with van der Waals surface area (Å²) in [4.78, 5) is 15.2. The molecule has 0 atom stereocenters. The molecule has 4 nitrogen and oxygen atoms in total. The summed E-state index contributed by atoms with van der Waals surface area (Å²) < 4.78 is 13.3. The first-order valence-electron chi connectivity index (χ1n) is 9.77. The molecule has 0 N–H and O–H groups in total. The first kappa shape index (κ1) is 17.1. The van der Waals surface area contributed by atoms with Crippen molar-refractivity contribution in [2.45, 2.75) is 31.7 Å². The molecule has 0 bridgehead atoms. The van der Waals surface area contributed by atoms with Crippen molar-refractivity contribution in [2.24, 2.45) is 0 Å². The Morgan fingerprint density at radius 2 is 1.70 bits per heavy atom. The number of rotatable bonds is 3. The highest BCUT2D eigenvalue weighted by atomic mass is 32.1. The van der Waals surface area contributed by atoms with Crippen molar-refractivity contribution in [3.8, 4) is 11.1 Å². The van der Waals surface area contributed by atoms with Crippen molar-refractivity contribution >= 4 is 27.4 Å². The highest BCUT2D eigenvalue weighted by Gasteiger charge is 2.27. The quantitative estimate of drug-likeness (QED) is 0.665. The van der Waals surface area contributed by atoms with Gasteiger partial charge in [-0.05, 0) is 30.5 Å². The lowest BCUT2D eigenvalue weighted by Crippen LogP contribution is -2.50. The van der Waals surface area contributed by atoms with Crippen molar-refractivity contribution in [3.05, 3.63) is 41.8 Å². The van der Waals surface area contributed by atoms with Crippen molar-refractivity contribution in [1.29, 1.82) is 0 Å². The van der Waals surface area contributed by atoms with Crippen LogP contribution in [0.1, 0.15) is 25.7 Å². The lowest BCUT2D eigenvalue weighted by atomic mass is 10.1. The van der Waals surface area contributed by atoms with Crippen LogP contribution in [0.3, 0.4) is 0 Å². The van der Waals surface area contributed by atoms with E-state index in [-0.39, 0.29) is 5.82 Å². The van der Waals surface area contributed by atoms with Crippen molar-refractivity contribution in [1.82, 2.24) is 14.9 Å². The number of thiophene rings is 1. The van der Waals surface area contributed by atoms with Crippen molar-refractivity contribution in [3.63, 3.8) is 0 Å². The molecule has 0 unspecified atom stereocenters. The molecule has 2 aromatic heterocycles. The number of anilines is 1. The van der Waals surface area contributed by atoms with Gasteiger partial charge < -0.3 is 4.90 Å². The summed E-state index contributed by atoms with van der Waals surface area (Å²) in [5.41, 5.74) is 2.12. The summed E-state index contributed by atoms with van der Waals surface area (Å²) in [6, 6.07) is 7.50. The fraction of sp³-hybridized carbons (Fsp3) is 0.429. The molecule has 0 radical (unpaired) electrons. The van der Waals surface area contributed by atoms with Gasteiger partial charge in [-0.2, -0.15) is 0 Å². The minimum absolute atomic E-state index is 0.210. The van der Waals surface area contributed by atoms with Gasteiger partial charge in [0.05, 0.1) is 5.39 Å².